The lowest BCUT2D eigenvalue weighted by Crippen LogP contribution is -2.31. The second kappa shape index (κ2) is 8.79. The Morgan fingerprint density at radius 3 is 2.35 bits per heavy atom. The van der Waals surface area contributed by atoms with Crippen molar-refractivity contribution in [2.75, 3.05) is 31.1 Å². The van der Waals surface area contributed by atoms with Gasteiger partial charge in [0, 0.05) is 37.3 Å². The summed E-state index contributed by atoms with van der Waals surface area (Å²) in [5, 5.41) is 8.74. The number of benzene rings is 1. The first-order chi connectivity index (χ1) is 12.7. The number of hydrogen-bond donors (Lipinski definition) is 0. The van der Waals surface area contributed by atoms with Gasteiger partial charge >= 0.3 is 0 Å². The van der Waals surface area contributed by atoms with Crippen LogP contribution >= 0.6 is 0 Å². The highest BCUT2D eigenvalue weighted by Gasteiger charge is 2.15. The van der Waals surface area contributed by atoms with E-state index in [1.54, 1.807) is 0 Å². The van der Waals surface area contributed by atoms with Crippen LogP contribution in [0.5, 0.6) is 0 Å². The van der Waals surface area contributed by atoms with Crippen molar-refractivity contribution in [1.82, 2.24) is 15.1 Å². The molecule has 0 unspecified atom stereocenters. The molecule has 1 aliphatic rings. The van der Waals surface area contributed by atoms with E-state index in [-0.39, 0.29) is 5.91 Å². The van der Waals surface area contributed by atoms with E-state index in [2.05, 4.69) is 22.0 Å². The highest BCUT2D eigenvalue weighted by atomic mass is 16.2. The Morgan fingerprint density at radius 2 is 1.77 bits per heavy atom. The Labute approximate surface area is 156 Å². The third kappa shape index (κ3) is 4.21. The quantitative estimate of drug-likeness (QED) is 0.755. The van der Waals surface area contributed by atoms with E-state index in [0.717, 1.165) is 61.7 Å². The lowest BCUT2D eigenvalue weighted by molar-refractivity contribution is 0.0762. The van der Waals surface area contributed by atoms with Gasteiger partial charge in [0.1, 0.15) is 0 Å². The highest BCUT2D eigenvalue weighted by molar-refractivity contribution is 5.94. The molecule has 0 spiro atoms. The Hall–Kier alpha value is -2.43. The zero-order valence-electron chi connectivity index (χ0n) is 15.8. The summed E-state index contributed by atoms with van der Waals surface area (Å²) in [7, 11) is 0. The van der Waals surface area contributed by atoms with Crippen molar-refractivity contribution >= 4 is 11.7 Å². The van der Waals surface area contributed by atoms with Crippen LogP contribution in [0.25, 0.3) is 11.3 Å². The first kappa shape index (κ1) is 18.4. The summed E-state index contributed by atoms with van der Waals surface area (Å²) < 4.78 is 0. The van der Waals surface area contributed by atoms with Gasteiger partial charge in [0.05, 0.1) is 5.69 Å². The lowest BCUT2D eigenvalue weighted by Gasteiger charge is -2.20. The molecular formula is C21H28N4O. The van der Waals surface area contributed by atoms with Crippen molar-refractivity contribution in [3.63, 3.8) is 0 Å². The molecule has 26 heavy (non-hydrogen) atoms. The molecular weight excluding hydrogens is 324 g/mol. The predicted octanol–water partition coefficient (Wildman–Crippen LogP) is 4.01. The molecule has 3 rings (SSSR count). The highest BCUT2D eigenvalue weighted by Crippen LogP contribution is 2.21. The zero-order valence-corrected chi connectivity index (χ0v) is 15.8. The van der Waals surface area contributed by atoms with Crippen molar-refractivity contribution in [1.29, 1.82) is 0 Å². The molecule has 1 amide bonds. The molecule has 0 atom stereocenters. The van der Waals surface area contributed by atoms with Gasteiger partial charge < -0.3 is 9.80 Å². The van der Waals surface area contributed by atoms with Crippen molar-refractivity contribution in [2.45, 2.75) is 39.5 Å². The molecule has 0 aliphatic carbocycles. The van der Waals surface area contributed by atoms with Gasteiger partial charge in [-0.2, -0.15) is 0 Å². The number of anilines is 1. The van der Waals surface area contributed by atoms with Crippen molar-refractivity contribution in [3.05, 3.63) is 42.0 Å². The Kier molecular flexibility index (Phi) is 6.21. The average molecular weight is 352 g/mol. The van der Waals surface area contributed by atoms with Crippen molar-refractivity contribution in [2.24, 2.45) is 0 Å². The van der Waals surface area contributed by atoms with Crippen molar-refractivity contribution < 1.29 is 4.79 Å². The SMILES string of the molecule is CCCCN(CC)C(=O)c1ccc(-c2ccc(N3CCCC3)nn2)cc1. The number of rotatable bonds is 7. The van der Waals surface area contributed by atoms with Crippen LogP contribution < -0.4 is 4.90 Å². The second-order valence-corrected chi connectivity index (χ2v) is 6.79. The Balaban J connectivity index is 1.69. The van der Waals surface area contributed by atoms with Gasteiger partial charge in [-0.1, -0.05) is 25.5 Å². The van der Waals surface area contributed by atoms with Crippen LogP contribution in [-0.4, -0.2) is 47.2 Å². The fraction of sp³-hybridized carbons (Fsp3) is 0.476. The first-order valence-corrected chi connectivity index (χ1v) is 9.71. The molecule has 1 aliphatic heterocycles. The topological polar surface area (TPSA) is 49.3 Å². The summed E-state index contributed by atoms with van der Waals surface area (Å²) in [5.74, 6) is 1.05. The molecule has 1 saturated heterocycles. The number of aromatic nitrogens is 2. The van der Waals surface area contributed by atoms with E-state index in [1.165, 1.54) is 12.8 Å². The maximum Gasteiger partial charge on any atom is 0.253 e. The zero-order chi connectivity index (χ0) is 18.4. The molecule has 0 bridgehead atoms. The van der Waals surface area contributed by atoms with Crippen LogP contribution in [0, 0.1) is 0 Å². The average Bonchev–Trinajstić information content (AvgIpc) is 3.23. The molecule has 0 N–H and O–H groups in total. The molecule has 0 saturated carbocycles. The van der Waals surface area contributed by atoms with E-state index in [4.69, 9.17) is 0 Å². The molecule has 2 aromatic rings. The van der Waals surface area contributed by atoms with Crippen LogP contribution in [0.15, 0.2) is 36.4 Å². The number of nitrogens with zero attached hydrogens (tertiary/aromatic N) is 4. The van der Waals surface area contributed by atoms with Gasteiger partial charge in [0.2, 0.25) is 0 Å². The molecule has 138 valence electrons. The van der Waals surface area contributed by atoms with E-state index in [0.29, 0.717) is 0 Å². The fourth-order valence-corrected chi connectivity index (χ4v) is 3.31. The van der Waals surface area contributed by atoms with E-state index < -0.39 is 0 Å². The smallest absolute Gasteiger partial charge is 0.253 e. The van der Waals surface area contributed by atoms with E-state index >= 15 is 0 Å². The summed E-state index contributed by atoms with van der Waals surface area (Å²) in [5.41, 5.74) is 2.55. The molecule has 1 fully saturated rings. The van der Waals surface area contributed by atoms with Crippen LogP contribution in [-0.2, 0) is 0 Å². The van der Waals surface area contributed by atoms with Crippen molar-refractivity contribution in [3.8, 4) is 11.3 Å². The van der Waals surface area contributed by atoms with Crippen LogP contribution in [0.1, 0.15) is 49.9 Å². The minimum Gasteiger partial charge on any atom is -0.355 e. The molecule has 1 aromatic carbocycles. The van der Waals surface area contributed by atoms with Gasteiger partial charge in [-0.15, -0.1) is 10.2 Å². The molecule has 5 heteroatoms. The van der Waals surface area contributed by atoms with E-state index in [1.807, 2.05) is 48.2 Å². The largest absolute Gasteiger partial charge is 0.355 e. The Morgan fingerprint density at radius 1 is 1.04 bits per heavy atom. The van der Waals surface area contributed by atoms with Gasteiger partial charge in [-0.25, -0.2) is 0 Å². The third-order valence-electron chi connectivity index (χ3n) is 4.96. The van der Waals surface area contributed by atoms with E-state index in [9.17, 15) is 4.79 Å². The maximum atomic E-state index is 12.6. The third-order valence-corrected chi connectivity index (χ3v) is 4.96. The van der Waals surface area contributed by atoms with Crippen LogP contribution in [0.3, 0.4) is 0 Å². The van der Waals surface area contributed by atoms with Gasteiger partial charge in [0.15, 0.2) is 5.82 Å². The van der Waals surface area contributed by atoms with Crippen LogP contribution in [0.2, 0.25) is 0 Å². The minimum absolute atomic E-state index is 0.1000. The summed E-state index contributed by atoms with van der Waals surface area (Å²) in [6.45, 7) is 7.86. The minimum atomic E-state index is 0.1000. The molecule has 0 radical (unpaired) electrons. The molecule has 2 heterocycles. The normalized spacial score (nSPS) is 13.8. The molecule has 5 nitrogen and oxygen atoms in total. The number of carbonyl (C=O) groups is 1. The monoisotopic (exact) mass is 352 g/mol. The van der Waals surface area contributed by atoms with Gasteiger partial charge in [-0.05, 0) is 50.5 Å². The molecule has 1 aromatic heterocycles. The lowest BCUT2D eigenvalue weighted by atomic mass is 10.1. The summed E-state index contributed by atoms with van der Waals surface area (Å²) in [4.78, 5) is 16.8. The Bertz CT molecular complexity index is 706. The standard InChI is InChI=1S/C21H28N4O/c1-3-5-14-24(4-2)21(26)18-10-8-17(9-11-18)19-12-13-20(23-22-19)25-15-6-7-16-25/h8-13H,3-7,14-16H2,1-2H3. The summed E-state index contributed by atoms with van der Waals surface area (Å²) in [6.07, 6.45) is 4.59. The first-order valence-electron chi connectivity index (χ1n) is 9.71. The van der Waals surface area contributed by atoms with Gasteiger partial charge in [-0.3, -0.25) is 4.79 Å². The number of hydrogen-bond acceptors (Lipinski definition) is 4. The summed E-state index contributed by atoms with van der Waals surface area (Å²) in [6, 6.07) is 11.7. The second-order valence-electron chi connectivity index (χ2n) is 6.79. The summed E-state index contributed by atoms with van der Waals surface area (Å²) >= 11 is 0. The predicted molar refractivity (Wildman–Crippen MR) is 105 cm³/mol. The number of carbonyl (C=O) groups excluding carboxylic acids is 1. The van der Waals surface area contributed by atoms with Gasteiger partial charge in [0.25, 0.3) is 5.91 Å². The van der Waals surface area contributed by atoms with Crippen LogP contribution in [0.4, 0.5) is 5.82 Å². The number of amides is 1. The number of unbranched alkanes of at least 4 members (excludes halogenated alkanes) is 1. The fourth-order valence-electron chi connectivity index (χ4n) is 3.31. The maximum absolute atomic E-state index is 12.6.